The molecule has 0 saturated heterocycles. The average molecular weight is 451 g/mol. The third kappa shape index (κ3) is 5.00. The Kier molecular flexibility index (Phi) is 6.78. The van der Waals surface area contributed by atoms with Crippen LogP contribution < -0.4 is 4.80 Å². The van der Waals surface area contributed by atoms with Crippen LogP contribution in [0.3, 0.4) is 0 Å². The van der Waals surface area contributed by atoms with E-state index in [4.69, 9.17) is 0 Å². The molecule has 0 aliphatic heterocycles. The monoisotopic (exact) mass is 450 g/mol. The third-order valence-electron chi connectivity index (χ3n) is 4.29. The van der Waals surface area contributed by atoms with Crippen molar-refractivity contribution in [3.05, 3.63) is 59.1 Å². The SMILES string of the molecule is COC(=O)Cn1c(=NC(=O)CCCS(=O)(=O)c2ccccc2)sc2cccc(F)c21. The predicted molar refractivity (Wildman–Crippen MR) is 110 cm³/mol. The summed E-state index contributed by atoms with van der Waals surface area (Å²) in [7, 11) is -2.28. The smallest absolute Gasteiger partial charge is 0.325 e. The molecule has 10 heteroatoms. The van der Waals surface area contributed by atoms with E-state index in [1.165, 1.54) is 35.9 Å². The van der Waals surface area contributed by atoms with Gasteiger partial charge in [-0.25, -0.2) is 12.8 Å². The molecule has 0 saturated carbocycles. The van der Waals surface area contributed by atoms with E-state index < -0.39 is 27.5 Å². The van der Waals surface area contributed by atoms with Crippen LogP contribution in [0.2, 0.25) is 0 Å². The van der Waals surface area contributed by atoms with E-state index in [0.717, 1.165) is 11.3 Å². The summed E-state index contributed by atoms with van der Waals surface area (Å²) >= 11 is 1.06. The molecule has 0 atom stereocenters. The van der Waals surface area contributed by atoms with Crippen LogP contribution in [0.1, 0.15) is 12.8 Å². The number of ether oxygens (including phenoxy) is 1. The normalized spacial score (nSPS) is 12.3. The van der Waals surface area contributed by atoms with Crippen LogP contribution in [0.5, 0.6) is 0 Å². The molecular weight excluding hydrogens is 431 g/mol. The predicted octanol–water partition coefficient (Wildman–Crippen LogP) is 2.70. The molecule has 0 unspecified atom stereocenters. The Morgan fingerprint density at radius 1 is 1.13 bits per heavy atom. The van der Waals surface area contributed by atoms with Crippen molar-refractivity contribution in [1.29, 1.82) is 0 Å². The number of hydrogen-bond acceptors (Lipinski definition) is 6. The summed E-state index contributed by atoms with van der Waals surface area (Å²) in [5, 5.41) is 0. The topological polar surface area (TPSA) is 94.8 Å². The Labute approximate surface area is 176 Å². The molecule has 3 rings (SSSR count). The van der Waals surface area contributed by atoms with Gasteiger partial charge >= 0.3 is 5.97 Å². The van der Waals surface area contributed by atoms with E-state index in [0.29, 0.717) is 4.70 Å². The Morgan fingerprint density at radius 2 is 1.87 bits per heavy atom. The van der Waals surface area contributed by atoms with Gasteiger partial charge in [-0.05, 0) is 30.7 Å². The second kappa shape index (κ2) is 9.31. The number of methoxy groups -OCH3 is 1. The van der Waals surface area contributed by atoms with Crippen LogP contribution in [-0.4, -0.2) is 37.7 Å². The maximum Gasteiger partial charge on any atom is 0.325 e. The highest BCUT2D eigenvalue weighted by Crippen LogP contribution is 2.20. The van der Waals surface area contributed by atoms with E-state index in [9.17, 15) is 22.4 Å². The van der Waals surface area contributed by atoms with E-state index in [1.54, 1.807) is 24.3 Å². The maximum absolute atomic E-state index is 14.3. The highest BCUT2D eigenvalue weighted by molar-refractivity contribution is 7.91. The van der Waals surface area contributed by atoms with Crippen LogP contribution in [-0.2, 0) is 30.7 Å². The Hall–Kier alpha value is -2.85. The average Bonchev–Trinajstić information content (AvgIpc) is 3.06. The Morgan fingerprint density at radius 3 is 2.57 bits per heavy atom. The molecule has 0 fully saturated rings. The number of nitrogens with zero attached hydrogens (tertiary/aromatic N) is 2. The summed E-state index contributed by atoms with van der Waals surface area (Å²) in [6.07, 6.45) is -0.00314. The first-order valence-corrected chi connectivity index (χ1v) is 11.5. The zero-order chi connectivity index (χ0) is 21.7. The van der Waals surface area contributed by atoms with Gasteiger partial charge in [0.15, 0.2) is 14.6 Å². The second-order valence-electron chi connectivity index (χ2n) is 6.37. The quantitative estimate of drug-likeness (QED) is 0.516. The fraction of sp³-hybridized carbons (Fsp3) is 0.250. The number of carbonyl (C=O) groups excluding carboxylic acids is 2. The van der Waals surface area contributed by atoms with Gasteiger partial charge in [0.05, 0.1) is 28.0 Å². The minimum Gasteiger partial charge on any atom is -0.468 e. The lowest BCUT2D eigenvalue weighted by atomic mass is 10.3. The lowest BCUT2D eigenvalue weighted by molar-refractivity contribution is -0.141. The zero-order valence-corrected chi connectivity index (χ0v) is 17.7. The fourth-order valence-corrected chi connectivity index (χ4v) is 5.23. The minimum atomic E-state index is -3.49. The van der Waals surface area contributed by atoms with Gasteiger partial charge in [-0.3, -0.25) is 9.59 Å². The number of sulfone groups is 1. The van der Waals surface area contributed by atoms with Gasteiger partial charge in [0.1, 0.15) is 12.4 Å². The number of fused-ring (bicyclic) bond motifs is 1. The molecule has 1 amide bonds. The molecule has 30 heavy (non-hydrogen) atoms. The van der Waals surface area contributed by atoms with Crippen molar-refractivity contribution in [2.75, 3.05) is 12.9 Å². The first-order valence-electron chi connectivity index (χ1n) is 9.02. The largest absolute Gasteiger partial charge is 0.468 e. The minimum absolute atomic E-state index is 0.0931. The van der Waals surface area contributed by atoms with Crippen molar-refractivity contribution in [1.82, 2.24) is 4.57 Å². The summed E-state index contributed by atoms with van der Waals surface area (Å²) < 4.78 is 45.3. The summed E-state index contributed by atoms with van der Waals surface area (Å²) in [5.41, 5.74) is 0.158. The number of thiazole rings is 1. The number of carbonyl (C=O) groups is 2. The van der Waals surface area contributed by atoms with E-state index in [1.807, 2.05) is 0 Å². The highest BCUT2D eigenvalue weighted by Gasteiger charge is 2.16. The van der Waals surface area contributed by atoms with Gasteiger partial charge in [0.25, 0.3) is 0 Å². The molecule has 0 bridgehead atoms. The number of rotatable bonds is 7. The van der Waals surface area contributed by atoms with Gasteiger partial charge in [0, 0.05) is 6.42 Å². The molecule has 3 aromatic rings. The maximum atomic E-state index is 14.3. The molecule has 0 N–H and O–H groups in total. The Bertz CT molecular complexity index is 1250. The first-order chi connectivity index (χ1) is 14.3. The van der Waals surface area contributed by atoms with Crippen molar-refractivity contribution in [2.24, 2.45) is 4.99 Å². The van der Waals surface area contributed by atoms with E-state index in [-0.39, 0.29) is 40.4 Å². The number of para-hydroxylation sites is 1. The lowest BCUT2D eigenvalue weighted by Crippen LogP contribution is -2.23. The number of benzene rings is 2. The number of esters is 1. The second-order valence-corrected chi connectivity index (χ2v) is 9.49. The number of amides is 1. The number of halogens is 1. The summed E-state index contributed by atoms with van der Waals surface area (Å²) in [6.45, 7) is -0.300. The molecule has 1 heterocycles. The van der Waals surface area contributed by atoms with Gasteiger partial charge in [-0.2, -0.15) is 4.99 Å². The van der Waals surface area contributed by atoms with Gasteiger partial charge in [-0.15, -0.1) is 0 Å². The van der Waals surface area contributed by atoms with Crippen LogP contribution in [0.4, 0.5) is 4.39 Å². The summed E-state index contributed by atoms with van der Waals surface area (Å²) in [4.78, 5) is 28.4. The molecule has 0 aliphatic carbocycles. The zero-order valence-electron chi connectivity index (χ0n) is 16.1. The van der Waals surface area contributed by atoms with Gasteiger partial charge < -0.3 is 9.30 Å². The molecule has 0 spiro atoms. The third-order valence-corrected chi connectivity index (χ3v) is 7.15. The lowest BCUT2D eigenvalue weighted by Gasteiger charge is -2.04. The van der Waals surface area contributed by atoms with Crippen LogP contribution in [0.15, 0.2) is 58.4 Å². The van der Waals surface area contributed by atoms with Crippen LogP contribution >= 0.6 is 11.3 Å². The Balaban J connectivity index is 1.80. The standard InChI is InChI=1S/C20H19FN2O5S2/c1-28-18(25)13-23-19-15(21)9-5-10-16(19)29-20(23)22-17(24)11-6-12-30(26,27)14-7-3-2-4-8-14/h2-5,7-10H,6,11-13H2,1H3. The van der Waals surface area contributed by atoms with Crippen molar-refractivity contribution < 1.29 is 27.1 Å². The van der Waals surface area contributed by atoms with Gasteiger partial charge in [0.2, 0.25) is 5.91 Å². The molecule has 158 valence electrons. The van der Waals surface area contributed by atoms with E-state index in [2.05, 4.69) is 9.73 Å². The van der Waals surface area contributed by atoms with Crippen LogP contribution in [0.25, 0.3) is 10.2 Å². The molecular formula is C20H19FN2O5S2. The van der Waals surface area contributed by atoms with E-state index >= 15 is 0 Å². The van der Waals surface area contributed by atoms with Crippen molar-refractivity contribution >= 4 is 43.3 Å². The summed E-state index contributed by atoms with van der Waals surface area (Å²) in [5.74, 6) is -1.90. The van der Waals surface area contributed by atoms with Crippen LogP contribution in [0, 0.1) is 5.82 Å². The highest BCUT2D eigenvalue weighted by atomic mass is 32.2. The summed E-state index contributed by atoms with van der Waals surface area (Å²) in [6, 6.07) is 12.4. The van der Waals surface area contributed by atoms with Crippen molar-refractivity contribution in [3.63, 3.8) is 0 Å². The van der Waals surface area contributed by atoms with Gasteiger partial charge in [-0.1, -0.05) is 35.6 Å². The van der Waals surface area contributed by atoms with Crippen molar-refractivity contribution in [3.8, 4) is 0 Å². The van der Waals surface area contributed by atoms with Crippen molar-refractivity contribution in [2.45, 2.75) is 24.3 Å². The number of hydrogen-bond donors (Lipinski definition) is 0. The fourth-order valence-electron chi connectivity index (χ4n) is 2.83. The molecule has 1 aromatic heterocycles. The first kappa shape index (κ1) is 21.8. The molecule has 0 radical (unpaired) electrons. The molecule has 0 aliphatic rings. The molecule has 2 aromatic carbocycles. The number of aromatic nitrogens is 1. The molecule has 7 nitrogen and oxygen atoms in total.